The SMILES string of the molecule is CCCn1c(=O)c2ccccc2n2c(SCC(=O)Nc3cccc(Cl)c3C)nnc12. The molecule has 2 aromatic heterocycles. The molecule has 0 unspecified atom stereocenters. The third-order valence-corrected chi connectivity index (χ3v) is 6.14. The Morgan fingerprint density at radius 1 is 1.17 bits per heavy atom. The Balaban J connectivity index is 1.66. The van der Waals surface area contributed by atoms with E-state index < -0.39 is 0 Å². The molecule has 0 aliphatic carbocycles. The molecule has 1 N–H and O–H groups in total. The van der Waals surface area contributed by atoms with Gasteiger partial charge in [-0.05, 0) is 43.2 Å². The molecule has 0 atom stereocenters. The number of carbonyl (C=O) groups is 1. The Morgan fingerprint density at radius 3 is 2.77 bits per heavy atom. The third-order valence-electron chi connectivity index (χ3n) is 4.80. The van der Waals surface area contributed by atoms with Crippen LogP contribution >= 0.6 is 23.4 Å². The Kier molecular flexibility index (Phi) is 5.78. The molecule has 0 saturated heterocycles. The number of amides is 1. The second kappa shape index (κ2) is 8.49. The fraction of sp³-hybridized carbons (Fsp3) is 0.238. The highest BCUT2D eigenvalue weighted by atomic mass is 35.5. The second-order valence-electron chi connectivity index (χ2n) is 6.84. The van der Waals surface area contributed by atoms with Crippen LogP contribution in [0.2, 0.25) is 5.02 Å². The third kappa shape index (κ3) is 3.68. The molecule has 0 spiro atoms. The van der Waals surface area contributed by atoms with E-state index in [-0.39, 0.29) is 17.2 Å². The first-order valence-electron chi connectivity index (χ1n) is 9.55. The summed E-state index contributed by atoms with van der Waals surface area (Å²) in [6, 6.07) is 12.8. The summed E-state index contributed by atoms with van der Waals surface area (Å²) in [5.74, 6) is 0.455. The number of aromatic nitrogens is 4. The van der Waals surface area contributed by atoms with Crippen molar-refractivity contribution in [2.45, 2.75) is 32.0 Å². The van der Waals surface area contributed by atoms with E-state index in [0.717, 1.165) is 17.5 Å². The predicted octanol–water partition coefficient (Wildman–Crippen LogP) is 4.15. The number of halogens is 1. The summed E-state index contributed by atoms with van der Waals surface area (Å²) in [4.78, 5) is 25.4. The number of fused-ring (bicyclic) bond motifs is 3. The molecule has 0 fully saturated rings. The molecule has 7 nitrogen and oxygen atoms in total. The van der Waals surface area contributed by atoms with E-state index in [1.165, 1.54) is 11.8 Å². The van der Waals surface area contributed by atoms with Gasteiger partial charge in [-0.1, -0.05) is 48.5 Å². The van der Waals surface area contributed by atoms with Crippen LogP contribution in [0.15, 0.2) is 52.4 Å². The molecule has 2 aromatic carbocycles. The average molecular weight is 442 g/mol. The van der Waals surface area contributed by atoms with E-state index in [1.807, 2.05) is 42.5 Å². The summed E-state index contributed by atoms with van der Waals surface area (Å²) in [7, 11) is 0. The van der Waals surface area contributed by atoms with E-state index in [1.54, 1.807) is 22.8 Å². The minimum absolute atomic E-state index is 0.0851. The van der Waals surface area contributed by atoms with Crippen LogP contribution in [0.5, 0.6) is 0 Å². The smallest absolute Gasteiger partial charge is 0.262 e. The number of anilines is 1. The van der Waals surface area contributed by atoms with Crippen LogP contribution in [-0.2, 0) is 11.3 Å². The minimum Gasteiger partial charge on any atom is -0.325 e. The number of benzene rings is 2. The molecule has 2 heterocycles. The number of rotatable bonds is 6. The van der Waals surface area contributed by atoms with E-state index in [9.17, 15) is 9.59 Å². The van der Waals surface area contributed by atoms with Gasteiger partial charge in [0.05, 0.1) is 16.7 Å². The largest absolute Gasteiger partial charge is 0.325 e. The Bertz CT molecular complexity index is 1310. The average Bonchev–Trinajstić information content (AvgIpc) is 3.17. The van der Waals surface area contributed by atoms with Gasteiger partial charge in [-0.3, -0.25) is 18.6 Å². The number of thioether (sulfide) groups is 1. The Labute approximate surface area is 182 Å². The van der Waals surface area contributed by atoms with Crippen LogP contribution in [0, 0.1) is 6.92 Å². The first kappa shape index (κ1) is 20.4. The fourth-order valence-corrected chi connectivity index (χ4v) is 4.23. The number of aryl methyl sites for hydroxylation is 1. The molecule has 1 amide bonds. The summed E-state index contributed by atoms with van der Waals surface area (Å²) in [6.45, 7) is 4.41. The molecule has 0 aliphatic heterocycles. The monoisotopic (exact) mass is 441 g/mol. The number of hydrogen-bond donors (Lipinski definition) is 1. The minimum atomic E-state index is -0.173. The van der Waals surface area contributed by atoms with Gasteiger partial charge in [0, 0.05) is 17.3 Å². The van der Waals surface area contributed by atoms with Gasteiger partial charge in [0.2, 0.25) is 11.7 Å². The number of para-hydroxylation sites is 1. The van der Waals surface area contributed by atoms with Crippen LogP contribution in [0.25, 0.3) is 16.7 Å². The van der Waals surface area contributed by atoms with Crippen molar-refractivity contribution in [3.63, 3.8) is 0 Å². The van der Waals surface area contributed by atoms with Crippen molar-refractivity contribution in [2.24, 2.45) is 0 Å². The molecule has 9 heteroatoms. The molecule has 4 rings (SSSR count). The standard InChI is InChI=1S/C21H20ClN5O2S/c1-3-11-26-19(29)14-7-4-5-10-17(14)27-20(26)24-25-21(27)30-12-18(28)23-16-9-6-8-15(22)13(16)2/h4-10H,3,11-12H2,1-2H3,(H,23,28). The fourth-order valence-electron chi connectivity index (χ4n) is 3.31. The van der Waals surface area contributed by atoms with Gasteiger partial charge in [-0.2, -0.15) is 0 Å². The number of nitrogens with zero attached hydrogens (tertiary/aromatic N) is 4. The zero-order chi connectivity index (χ0) is 21.3. The predicted molar refractivity (Wildman–Crippen MR) is 121 cm³/mol. The van der Waals surface area contributed by atoms with Crippen molar-refractivity contribution in [1.82, 2.24) is 19.2 Å². The highest BCUT2D eigenvalue weighted by Gasteiger charge is 2.17. The maximum atomic E-state index is 12.9. The number of carbonyl (C=O) groups excluding carboxylic acids is 1. The molecule has 30 heavy (non-hydrogen) atoms. The van der Waals surface area contributed by atoms with Crippen molar-refractivity contribution in [3.8, 4) is 0 Å². The quantitative estimate of drug-likeness (QED) is 0.454. The summed E-state index contributed by atoms with van der Waals surface area (Å²) in [5, 5.41) is 13.1. The summed E-state index contributed by atoms with van der Waals surface area (Å²) >= 11 is 7.39. The molecule has 0 radical (unpaired) electrons. The highest BCUT2D eigenvalue weighted by molar-refractivity contribution is 7.99. The lowest BCUT2D eigenvalue weighted by atomic mass is 10.2. The van der Waals surface area contributed by atoms with Gasteiger partial charge in [0.25, 0.3) is 5.56 Å². The molecule has 0 aliphatic rings. The van der Waals surface area contributed by atoms with E-state index in [2.05, 4.69) is 15.5 Å². The van der Waals surface area contributed by atoms with Crippen molar-refractivity contribution < 1.29 is 4.79 Å². The zero-order valence-electron chi connectivity index (χ0n) is 16.6. The van der Waals surface area contributed by atoms with Crippen molar-refractivity contribution >= 4 is 51.6 Å². The maximum Gasteiger partial charge on any atom is 0.262 e. The van der Waals surface area contributed by atoms with E-state index in [0.29, 0.717) is 33.6 Å². The molecule has 0 bridgehead atoms. The van der Waals surface area contributed by atoms with Gasteiger partial charge >= 0.3 is 0 Å². The number of nitrogens with one attached hydrogen (secondary N) is 1. The maximum absolute atomic E-state index is 12.9. The van der Waals surface area contributed by atoms with Gasteiger partial charge in [-0.25, -0.2) is 0 Å². The van der Waals surface area contributed by atoms with Crippen LogP contribution in [0.4, 0.5) is 5.69 Å². The van der Waals surface area contributed by atoms with Crippen molar-refractivity contribution in [3.05, 3.63) is 63.4 Å². The Morgan fingerprint density at radius 2 is 1.97 bits per heavy atom. The lowest BCUT2D eigenvalue weighted by molar-refractivity contribution is -0.113. The second-order valence-corrected chi connectivity index (χ2v) is 8.19. The normalized spacial score (nSPS) is 11.3. The molecule has 154 valence electrons. The lowest BCUT2D eigenvalue weighted by Gasteiger charge is -2.11. The molecule has 0 saturated carbocycles. The van der Waals surface area contributed by atoms with Crippen LogP contribution in [0.3, 0.4) is 0 Å². The lowest BCUT2D eigenvalue weighted by Crippen LogP contribution is -2.23. The van der Waals surface area contributed by atoms with Gasteiger partial charge < -0.3 is 5.32 Å². The number of hydrogen-bond acceptors (Lipinski definition) is 5. The summed E-state index contributed by atoms with van der Waals surface area (Å²) < 4.78 is 3.48. The molecular weight excluding hydrogens is 422 g/mol. The van der Waals surface area contributed by atoms with Gasteiger partial charge in [0.15, 0.2) is 5.16 Å². The van der Waals surface area contributed by atoms with Crippen molar-refractivity contribution in [2.75, 3.05) is 11.1 Å². The van der Waals surface area contributed by atoms with Crippen LogP contribution < -0.4 is 10.9 Å². The molecular formula is C21H20ClN5O2S. The highest BCUT2D eigenvalue weighted by Crippen LogP contribution is 2.25. The van der Waals surface area contributed by atoms with E-state index in [4.69, 9.17) is 11.6 Å². The summed E-state index contributed by atoms with van der Waals surface area (Å²) in [5.41, 5.74) is 2.14. The van der Waals surface area contributed by atoms with Crippen LogP contribution in [-0.4, -0.2) is 30.8 Å². The molecule has 4 aromatic rings. The van der Waals surface area contributed by atoms with Crippen molar-refractivity contribution in [1.29, 1.82) is 0 Å². The topological polar surface area (TPSA) is 81.3 Å². The first-order valence-corrected chi connectivity index (χ1v) is 10.9. The van der Waals surface area contributed by atoms with E-state index >= 15 is 0 Å². The zero-order valence-corrected chi connectivity index (χ0v) is 18.1. The summed E-state index contributed by atoms with van der Waals surface area (Å²) in [6.07, 6.45) is 0.796. The van der Waals surface area contributed by atoms with Crippen LogP contribution in [0.1, 0.15) is 18.9 Å². The first-order chi connectivity index (χ1) is 14.5. The van der Waals surface area contributed by atoms with Gasteiger partial charge in [-0.15, -0.1) is 10.2 Å². The Hall–Kier alpha value is -2.84. The van der Waals surface area contributed by atoms with Gasteiger partial charge in [0.1, 0.15) is 0 Å².